The second-order valence-corrected chi connectivity index (χ2v) is 5.48. The molecule has 2 rings (SSSR count). The van der Waals surface area contributed by atoms with Gasteiger partial charge in [0.05, 0.1) is 0 Å². The molecule has 90 valence electrons. The predicted molar refractivity (Wildman–Crippen MR) is 70.9 cm³/mol. The summed E-state index contributed by atoms with van der Waals surface area (Å²) in [4.78, 5) is 13.6. The Balaban J connectivity index is 2.53. The summed E-state index contributed by atoms with van der Waals surface area (Å²) in [5.74, 6) is -0.835. The largest absolute Gasteiger partial charge is 0.477 e. The highest BCUT2D eigenvalue weighted by molar-refractivity contribution is 7.21. The summed E-state index contributed by atoms with van der Waals surface area (Å²) in [6, 6.07) is 6.16. The third-order valence-electron chi connectivity index (χ3n) is 2.69. The van der Waals surface area contributed by atoms with Crippen molar-refractivity contribution in [2.45, 2.75) is 13.5 Å². The van der Waals surface area contributed by atoms with Gasteiger partial charge in [0.25, 0.3) is 0 Å². The van der Waals surface area contributed by atoms with Crippen molar-refractivity contribution in [3.8, 4) is 0 Å². The van der Waals surface area contributed by atoms with Crippen LogP contribution in [0.2, 0.25) is 0 Å². The van der Waals surface area contributed by atoms with Crippen LogP contribution in [-0.2, 0) is 6.54 Å². The van der Waals surface area contributed by atoms with Crippen molar-refractivity contribution in [2.75, 3.05) is 14.1 Å². The standard InChI is InChI=1S/C13H15NO2S/c1-8-10-6-9(7-14(2)3)4-5-11(10)17-12(8)13(15)16/h4-6H,7H2,1-3H3,(H,15,16). The van der Waals surface area contributed by atoms with Crippen LogP contribution in [0.25, 0.3) is 10.1 Å². The van der Waals surface area contributed by atoms with Gasteiger partial charge in [0.2, 0.25) is 0 Å². The molecular weight excluding hydrogens is 234 g/mol. The SMILES string of the molecule is Cc1c(C(=O)O)sc2ccc(CN(C)C)cc12. The zero-order chi connectivity index (χ0) is 12.6. The first-order valence-corrected chi connectivity index (χ1v) is 6.20. The van der Waals surface area contributed by atoms with Crippen LogP contribution in [0.1, 0.15) is 20.8 Å². The maximum absolute atomic E-state index is 11.1. The van der Waals surface area contributed by atoms with Gasteiger partial charge in [0.1, 0.15) is 4.88 Å². The fourth-order valence-electron chi connectivity index (χ4n) is 1.94. The van der Waals surface area contributed by atoms with Gasteiger partial charge in [0.15, 0.2) is 0 Å². The Labute approximate surface area is 104 Å². The topological polar surface area (TPSA) is 40.5 Å². The second kappa shape index (κ2) is 4.47. The molecule has 4 heteroatoms. The molecule has 1 N–H and O–H groups in total. The fourth-order valence-corrected chi connectivity index (χ4v) is 2.96. The van der Waals surface area contributed by atoms with E-state index >= 15 is 0 Å². The normalized spacial score (nSPS) is 11.3. The van der Waals surface area contributed by atoms with Gasteiger partial charge in [-0.3, -0.25) is 0 Å². The summed E-state index contributed by atoms with van der Waals surface area (Å²) in [6.07, 6.45) is 0. The quantitative estimate of drug-likeness (QED) is 0.909. The highest BCUT2D eigenvalue weighted by atomic mass is 32.1. The number of fused-ring (bicyclic) bond motifs is 1. The monoisotopic (exact) mass is 249 g/mol. The minimum absolute atomic E-state index is 0.446. The van der Waals surface area contributed by atoms with Crippen molar-refractivity contribution in [1.29, 1.82) is 0 Å². The van der Waals surface area contributed by atoms with Gasteiger partial charge in [-0.15, -0.1) is 11.3 Å². The first kappa shape index (κ1) is 12.1. The van der Waals surface area contributed by atoms with Crippen LogP contribution in [0.4, 0.5) is 0 Å². The number of thiophene rings is 1. The fraction of sp³-hybridized carbons (Fsp3) is 0.308. The van der Waals surface area contributed by atoms with Crippen molar-refractivity contribution >= 4 is 27.4 Å². The number of carboxylic acids is 1. The zero-order valence-corrected chi connectivity index (χ0v) is 11.0. The van der Waals surface area contributed by atoms with E-state index < -0.39 is 5.97 Å². The molecule has 1 heterocycles. The van der Waals surface area contributed by atoms with E-state index in [0.717, 1.165) is 22.2 Å². The number of carbonyl (C=O) groups is 1. The first-order chi connectivity index (χ1) is 7.99. The van der Waals surface area contributed by atoms with E-state index in [1.807, 2.05) is 27.1 Å². The number of aromatic carboxylic acids is 1. The highest BCUT2D eigenvalue weighted by Gasteiger charge is 2.14. The number of hydrogen-bond donors (Lipinski definition) is 1. The molecule has 0 saturated carbocycles. The van der Waals surface area contributed by atoms with E-state index in [-0.39, 0.29) is 0 Å². The van der Waals surface area contributed by atoms with Crippen LogP contribution in [0.5, 0.6) is 0 Å². The molecule has 1 aromatic heterocycles. The lowest BCUT2D eigenvalue weighted by molar-refractivity contribution is 0.0701. The van der Waals surface area contributed by atoms with Gasteiger partial charge >= 0.3 is 5.97 Å². The Morgan fingerprint density at radius 1 is 1.41 bits per heavy atom. The van der Waals surface area contributed by atoms with E-state index in [1.54, 1.807) is 0 Å². The Hall–Kier alpha value is -1.39. The van der Waals surface area contributed by atoms with Gasteiger partial charge in [-0.05, 0) is 49.7 Å². The van der Waals surface area contributed by atoms with Crippen molar-refractivity contribution in [3.63, 3.8) is 0 Å². The van der Waals surface area contributed by atoms with Crippen LogP contribution >= 0.6 is 11.3 Å². The van der Waals surface area contributed by atoms with E-state index in [4.69, 9.17) is 5.11 Å². The number of aryl methyl sites for hydroxylation is 1. The van der Waals surface area contributed by atoms with Crippen LogP contribution in [0.15, 0.2) is 18.2 Å². The maximum atomic E-state index is 11.1. The third kappa shape index (κ3) is 2.33. The molecule has 0 atom stereocenters. The summed E-state index contributed by atoms with van der Waals surface area (Å²) < 4.78 is 1.04. The number of carboxylic acid groups (broad SMARTS) is 1. The van der Waals surface area contributed by atoms with E-state index in [1.165, 1.54) is 16.9 Å². The molecule has 0 bridgehead atoms. The van der Waals surface area contributed by atoms with Crippen LogP contribution < -0.4 is 0 Å². The number of rotatable bonds is 3. The lowest BCUT2D eigenvalue weighted by Gasteiger charge is -2.09. The van der Waals surface area contributed by atoms with Crippen molar-refractivity contribution in [1.82, 2.24) is 4.90 Å². The van der Waals surface area contributed by atoms with Gasteiger partial charge in [0, 0.05) is 11.2 Å². The molecule has 0 radical (unpaired) electrons. The van der Waals surface area contributed by atoms with Crippen LogP contribution in [-0.4, -0.2) is 30.1 Å². The molecule has 0 unspecified atom stereocenters. The summed E-state index contributed by atoms with van der Waals surface area (Å²) in [5, 5.41) is 10.1. The number of nitrogens with zero attached hydrogens (tertiary/aromatic N) is 1. The molecule has 0 spiro atoms. The Morgan fingerprint density at radius 2 is 2.12 bits per heavy atom. The van der Waals surface area contributed by atoms with Gasteiger partial charge in [-0.2, -0.15) is 0 Å². The summed E-state index contributed by atoms with van der Waals surface area (Å²) >= 11 is 1.35. The second-order valence-electron chi connectivity index (χ2n) is 4.43. The third-order valence-corrected chi connectivity index (χ3v) is 3.95. The summed E-state index contributed by atoms with van der Waals surface area (Å²) in [7, 11) is 4.04. The van der Waals surface area contributed by atoms with E-state index in [0.29, 0.717) is 4.88 Å². The Bertz CT molecular complexity index is 572. The van der Waals surface area contributed by atoms with Crippen LogP contribution in [0.3, 0.4) is 0 Å². The minimum atomic E-state index is -0.835. The summed E-state index contributed by atoms with van der Waals surface area (Å²) in [5.41, 5.74) is 2.08. The molecule has 0 aliphatic rings. The highest BCUT2D eigenvalue weighted by Crippen LogP contribution is 2.31. The average molecular weight is 249 g/mol. The number of hydrogen-bond acceptors (Lipinski definition) is 3. The molecule has 0 aliphatic carbocycles. The summed E-state index contributed by atoms with van der Waals surface area (Å²) in [6.45, 7) is 2.75. The number of benzene rings is 1. The van der Waals surface area contributed by atoms with Crippen molar-refractivity contribution in [3.05, 3.63) is 34.2 Å². The lowest BCUT2D eigenvalue weighted by atomic mass is 10.1. The smallest absolute Gasteiger partial charge is 0.346 e. The van der Waals surface area contributed by atoms with Gasteiger partial charge < -0.3 is 10.0 Å². The molecule has 17 heavy (non-hydrogen) atoms. The van der Waals surface area contributed by atoms with Crippen LogP contribution in [0, 0.1) is 6.92 Å². The molecule has 1 aromatic carbocycles. The van der Waals surface area contributed by atoms with Crippen molar-refractivity contribution < 1.29 is 9.90 Å². The molecule has 0 saturated heterocycles. The van der Waals surface area contributed by atoms with E-state index in [9.17, 15) is 4.79 Å². The molecule has 3 nitrogen and oxygen atoms in total. The van der Waals surface area contributed by atoms with Crippen molar-refractivity contribution in [2.24, 2.45) is 0 Å². The Morgan fingerprint density at radius 3 is 2.71 bits per heavy atom. The minimum Gasteiger partial charge on any atom is -0.477 e. The molecule has 0 aliphatic heterocycles. The first-order valence-electron chi connectivity index (χ1n) is 5.39. The maximum Gasteiger partial charge on any atom is 0.346 e. The lowest BCUT2D eigenvalue weighted by Crippen LogP contribution is -2.10. The van der Waals surface area contributed by atoms with Gasteiger partial charge in [-0.1, -0.05) is 6.07 Å². The molecular formula is C13H15NO2S. The van der Waals surface area contributed by atoms with E-state index in [2.05, 4.69) is 17.0 Å². The Kier molecular flexibility index (Phi) is 3.17. The molecule has 0 fully saturated rings. The molecule has 0 amide bonds. The predicted octanol–water partition coefficient (Wildman–Crippen LogP) is 2.97. The average Bonchev–Trinajstić information content (AvgIpc) is 2.56. The van der Waals surface area contributed by atoms with Gasteiger partial charge in [-0.25, -0.2) is 4.79 Å². The zero-order valence-electron chi connectivity index (χ0n) is 10.2. The molecule has 2 aromatic rings.